The largest absolute Gasteiger partial charge is 0.398 e. The molecule has 0 saturated carbocycles. The van der Waals surface area contributed by atoms with Crippen molar-refractivity contribution in [1.29, 1.82) is 0 Å². The van der Waals surface area contributed by atoms with Crippen LogP contribution in [0.4, 0.5) is 0 Å². The van der Waals surface area contributed by atoms with E-state index in [9.17, 15) is 5.11 Å². The molecule has 1 N–H and O–H groups in total. The van der Waals surface area contributed by atoms with Gasteiger partial charge in [0.05, 0.1) is 6.63 Å². The maximum Gasteiger partial charge on any atom is 0.0700 e. The Bertz CT molecular complexity index is 206. The van der Waals surface area contributed by atoms with E-state index >= 15 is 0 Å². The van der Waals surface area contributed by atoms with E-state index in [0.717, 1.165) is 0 Å². The molecule has 0 aliphatic rings. The second-order valence-electron chi connectivity index (χ2n) is 8.23. The molecule has 0 amide bonds. The number of aliphatic hydroxyl groups is 1. The second kappa shape index (κ2) is 4.49. The third kappa shape index (κ3) is 2.48. The van der Waals surface area contributed by atoms with E-state index in [4.69, 9.17) is 0 Å². The molecule has 0 bridgehead atoms. The van der Waals surface area contributed by atoms with Gasteiger partial charge in [0.2, 0.25) is 0 Å². The van der Waals surface area contributed by atoms with Crippen LogP contribution in [0.5, 0.6) is 0 Å². The van der Waals surface area contributed by atoms with E-state index in [1.807, 2.05) is 0 Å². The van der Waals surface area contributed by atoms with E-state index in [1.165, 1.54) is 0 Å². The Balaban J connectivity index is 6.05. The summed E-state index contributed by atoms with van der Waals surface area (Å²) in [5.74, 6) is 0. The highest BCUT2D eigenvalue weighted by Gasteiger charge is 2.64. The van der Waals surface area contributed by atoms with Gasteiger partial charge in [-0.15, -0.1) is 0 Å². The zero-order chi connectivity index (χ0) is 13.6. The van der Waals surface area contributed by atoms with Gasteiger partial charge < -0.3 is 5.11 Å². The molecule has 0 saturated heterocycles. The quantitative estimate of drug-likeness (QED) is 0.785. The number of hydrogen-bond acceptors (Lipinski definition) is 1. The van der Waals surface area contributed by atoms with Gasteiger partial charge in [-0.25, -0.2) is 0 Å². The summed E-state index contributed by atoms with van der Waals surface area (Å²) in [6.07, 6.45) is 0. The Labute approximate surface area is 106 Å². The molecule has 0 rings (SSSR count). The molecule has 0 aromatic heterocycles. The van der Waals surface area contributed by atoms with Crippen molar-refractivity contribution in [3.63, 3.8) is 0 Å². The van der Waals surface area contributed by atoms with Gasteiger partial charge in [0.1, 0.15) is 0 Å². The smallest absolute Gasteiger partial charge is 0.0700 e. The summed E-state index contributed by atoms with van der Waals surface area (Å²) in [6.45, 7) is 23.3. The maximum absolute atomic E-state index is 10.6. The van der Waals surface area contributed by atoms with Crippen LogP contribution in [0.1, 0.15) is 6.92 Å². The average molecular weight is 293 g/mol. The van der Waals surface area contributed by atoms with Crippen molar-refractivity contribution in [2.24, 2.45) is 0 Å². The van der Waals surface area contributed by atoms with Crippen LogP contribution in [-0.2, 0) is 0 Å². The molecule has 1 atom stereocenters. The zero-order valence-corrected chi connectivity index (χ0v) is 17.0. The number of hydrogen-bond donors (Lipinski definition) is 1. The lowest BCUT2D eigenvalue weighted by molar-refractivity contribution is 0.270. The summed E-state index contributed by atoms with van der Waals surface area (Å²) in [4.78, 5) is 0. The lowest BCUT2D eigenvalue weighted by Gasteiger charge is -2.59. The molecular weight excluding hydrogens is 260 g/mol. The van der Waals surface area contributed by atoms with Crippen molar-refractivity contribution in [2.75, 3.05) is 0 Å². The summed E-state index contributed by atoms with van der Waals surface area (Å²) >= 11 is 0. The average Bonchev–Trinajstić information content (AvgIpc) is 1.71. The van der Waals surface area contributed by atoms with Gasteiger partial charge in [-0.3, -0.25) is 0 Å². The Hall–Kier alpha value is 0.828. The highest BCUT2D eigenvalue weighted by atomic mass is 29.9. The SMILES string of the molecule is CC(O)[Si]([Si](C)(C)C)([Si](C)(C)C)[Si](C)(C)C. The minimum absolute atomic E-state index is 0.00231. The highest BCUT2D eigenvalue weighted by molar-refractivity contribution is 7.89. The Kier molecular flexibility index (Phi) is 4.73. The van der Waals surface area contributed by atoms with Crippen LogP contribution >= 0.6 is 0 Å². The second-order valence-corrected chi connectivity index (χ2v) is 49.3. The van der Waals surface area contributed by atoms with E-state index in [2.05, 4.69) is 65.8 Å². The molecule has 0 fully saturated rings. The molecule has 16 heavy (non-hydrogen) atoms. The topological polar surface area (TPSA) is 20.2 Å². The van der Waals surface area contributed by atoms with E-state index in [1.54, 1.807) is 0 Å². The van der Waals surface area contributed by atoms with Crippen molar-refractivity contribution in [3.8, 4) is 0 Å². The minimum Gasteiger partial charge on any atom is -0.398 e. The fraction of sp³-hybridized carbons (Fsp3) is 1.00. The van der Waals surface area contributed by atoms with Crippen molar-refractivity contribution >= 4 is 29.4 Å². The first kappa shape index (κ1) is 16.8. The lowest BCUT2D eigenvalue weighted by atomic mass is 10.9. The Morgan fingerprint density at radius 3 is 0.812 bits per heavy atom. The molecule has 0 aromatic rings. The summed E-state index contributed by atoms with van der Waals surface area (Å²) < 4.78 is 0. The van der Waals surface area contributed by atoms with Crippen molar-refractivity contribution in [2.45, 2.75) is 71.6 Å². The van der Waals surface area contributed by atoms with Crippen molar-refractivity contribution in [1.82, 2.24) is 0 Å². The number of rotatable bonds is 4. The zero-order valence-electron chi connectivity index (χ0n) is 13.0. The minimum atomic E-state index is -1.51. The fourth-order valence-electron chi connectivity index (χ4n) is 5.25. The van der Waals surface area contributed by atoms with Crippen LogP contribution < -0.4 is 0 Å². The molecule has 98 valence electrons. The van der Waals surface area contributed by atoms with Crippen molar-refractivity contribution in [3.05, 3.63) is 0 Å². The molecule has 1 nitrogen and oxygen atoms in total. The first-order valence-corrected chi connectivity index (χ1v) is 22.0. The molecule has 0 aliphatic carbocycles. The van der Waals surface area contributed by atoms with Gasteiger partial charge in [0.25, 0.3) is 0 Å². The Morgan fingerprint density at radius 1 is 0.625 bits per heavy atom. The molecule has 0 aliphatic heterocycles. The van der Waals surface area contributed by atoms with Gasteiger partial charge in [-0.1, -0.05) is 58.9 Å². The van der Waals surface area contributed by atoms with Crippen LogP contribution in [0.3, 0.4) is 0 Å². The highest BCUT2D eigenvalue weighted by Crippen LogP contribution is 2.39. The molecular formula is C11H32OSi4. The third-order valence-corrected chi connectivity index (χ3v) is 78.1. The van der Waals surface area contributed by atoms with Gasteiger partial charge in [0, 0.05) is 28.5 Å². The summed E-state index contributed by atoms with van der Waals surface area (Å²) in [6, 6.07) is 0. The molecule has 0 radical (unpaired) electrons. The first-order chi connectivity index (χ1) is 6.69. The van der Waals surface area contributed by atoms with Gasteiger partial charge >= 0.3 is 0 Å². The normalized spacial score (nSPS) is 17.4. The molecule has 5 heteroatoms. The molecule has 0 heterocycles. The van der Waals surface area contributed by atoms with Crippen LogP contribution in [0.2, 0.25) is 58.9 Å². The first-order valence-electron chi connectivity index (χ1n) is 6.37. The standard InChI is InChI=1S/C11H32OSi4/c1-11(12)16(13(2,3)4,14(5,6)7)15(8,9)10/h11-12H,1-10H3. The third-order valence-electron chi connectivity index (χ3n) is 4.18. The van der Waals surface area contributed by atoms with Crippen molar-refractivity contribution < 1.29 is 5.11 Å². The van der Waals surface area contributed by atoms with Crippen LogP contribution in [-0.4, -0.2) is 40.2 Å². The summed E-state index contributed by atoms with van der Waals surface area (Å²) in [5, 5.41) is 10.6. The predicted octanol–water partition coefficient (Wildman–Crippen LogP) is 3.61. The maximum atomic E-state index is 10.6. The molecule has 1 unspecified atom stereocenters. The fourth-order valence-corrected chi connectivity index (χ4v) is 108. The van der Waals surface area contributed by atoms with Gasteiger partial charge in [-0.2, -0.15) is 0 Å². The van der Waals surface area contributed by atoms with Crippen LogP contribution in [0.25, 0.3) is 0 Å². The molecule has 0 spiro atoms. The van der Waals surface area contributed by atoms with E-state index < -0.39 is 29.4 Å². The van der Waals surface area contributed by atoms with Crippen LogP contribution in [0.15, 0.2) is 0 Å². The van der Waals surface area contributed by atoms with Crippen LogP contribution in [0, 0.1) is 0 Å². The van der Waals surface area contributed by atoms with Gasteiger partial charge in [0.15, 0.2) is 0 Å². The summed E-state index contributed by atoms with van der Waals surface area (Å²) in [5.41, 5.74) is -0.00231. The predicted molar refractivity (Wildman–Crippen MR) is 87.5 cm³/mol. The molecule has 0 aromatic carbocycles. The Morgan fingerprint density at radius 2 is 0.812 bits per heavy atom. The van der Waals surface area contributed by atoms with E-state index in [0.29, 0.717) is 0 Å². The summed E-state index contributed by atoms with van der Waals surface area (Å²) in [7, 11) is -3.78. The number of aliphatic hydroxyl groups excluding tert-OH is 1. The van der Waals surface area contributed by atoms with E-state index in [-0.39, 0.29) is 5.73 Å². The lowest BCUT2D eigenvalue weighted by Crippen LogP contribution is -2.87. The monoisotopic (exact) mass is 292 g/mol. The van der Waals surface area contributed by atoms with Gasteiger partial charge in [-0.05, 0) is 6.92 Å².